The zero-order valence-electron chi connectivity index (χ0n) is 48.0. The van der Waals surface area contributed by atoms with Gasteiger partial charge in [-0.3, -0.25) is 0 Å². The Bertz CT molecular complexity index is 1940. The van der Waals surface area contributed by atoms with Crippen LogP contribution in [0, 0.1) is 0 Å². The summed E-state index contributed by atoms with van der Waals surface area (Å²) in [5.41, 5.74) is 4.61. The lowest BCUT2D eigenvalue weighted by Gasteiger charge is -2.36. The van der Waals surface area contributed by atoms with Crippen LogP contribution in [-0.4, -0.2) is 219 Å². The Hall–Kier alpha value is -6.46. The molecular formula is C49H86N14O12. The Morgan fingerprint density at radius 2 is 0.520 bits per heavy atom. The summed E-state index contributed by atoms with van der Waals surface area (Å²) in [5, 5.41) is 3.79. The highest BCUT2D eigenvalue weighted by Gasteiger charge is 2.33. The van der Waals surface area contributed by atoms with Crippen LogP contribution in [0.15, 0.2) is 5.11 Å². The summed E-state index contributed by atoms with van der Waals surface area (Å²) in [6, 6.07) is 0. The number of nitrogens with zero attached hydrogens (tertiary/aromatic N) is 14. The number of anilines is 2. The lowest BCUT2D eigenvalue weighted by atomic mass is 10.2. The van der Waals surface area contributed by atoms with E-state index in [1.807, 2.05) is 0 Å². The molecule has 0 radical (unpaired) electrons. The highest BCUT2D eigenvalue weighted by Crippen LogP contribution is 2.23. The molecule has 0 N–H and O–H groups in total. The predicted octanol–water partition coefficient (Wildman–Crippen LogP) is 7.88. The Kier molecular flexibility index (Phi) is 21.7. The van der Waals surface area contributed by atoms with Crippen LogP contribution in [0.2, 0.25) is 0 Å². The van der Waals surface area contributed by atoms with Gasteiger partial charge in [0.15, 0.2) is 0 Å². The number of carbonyl (C=O) groups excluding carboxylic acids is 6. The number of hydrogen-bond acceptors (Lipinski definition) is 18. The molecule has 26 heteroatoms. The minimum Gasteiger partial charge on any atom is -0.444 e. The molecule has 1 aromatic heterocycles. The zero-order chi connectivity index (χ0) is 56.9. The summed E-state index contributed by atoms with van der Waals surface area (Å²) in [6.07, 6.45) is -3.87. The monoisotopic (exact) mass is 1060 g/mol. The van der Waals surface area contributed by atoms with Crippen LogP contribution < -0.4 is 9.80 Å². The Balaban J connectivity index is 2.24. The largest absolute Gasteiger partial charge is 0.444 e. The highest BCUT2D eigenvalue weighted by atomic mass is 16.6. The minimum absolute atomic E-state index is 0.00109. The van der Waals surface area contributed by atoms with Crippen molar-refractivity contribution in [2.24, 2.45) is 5.11 Å². The van der Waals surface area contributed by atoms with Crippen molar-refractivity contribution in [2.45, 2.75) is 158 Å². The first-order chi connectivity index (χ1) is 34.3. The van der Waals surface area contributed by atoms with Crippen LogP contribution in [0.25, 0.3) is 10.4 Å². The fraction of sp³-hybridized carbons (Fsp3) is 0.816. The van der Waals surface area contributed by atoms with Gasteiger partial charge in [0.25, 0.3) is 0 Å². The first-order valence-corrected chi connectivity index (χ1v) is 25.5. The van der Waals surface area contributed by atoms with Gasteiger partial charge in [0, 0.05) is 110 Å². The Morgan fingerprint density at radius 3 is 0.680 bits per heavy atom. The van der Waals surface area contributed by atoms with Crippen molar-refractivity contribution >= 4 is 54.4 Å². The molecule has 1 aromatic rings. The number of azide groups is 1. The van der Waals surface area contributed by atoms with Gasteiger partial charge in [0.1, 0.15) is 33.6 Å². The molecule has 0 atom stereocenters. The van der Waals surface area contributed by atoms with E-state index in [1.165, 1.54) is 29.4 Å². The fourth-order valence-electron chi connectivity index (χ4n) is 6.99. The molecule has 424 valence electrons. The molecule has 2 saturated heterocycles. The molecule has 0 spiro atoms. The molecule has 2 fully saturated rings. The molecule has 0 unspecified atom stereocenters. The van der Waals surface area contributed by atoms with Gasteiger partial charge in [0.05, 0.1) is 0 Å². The first-order valence-electron chi connectivity index (χ1n) is 25.5. The van der Waals surface area contributed by atoms with E-state index < -0.39 is 70.2 Å². The molecule has 0 aliphatic carbocycles. The number of hydrogen-bond donors (Lipinski definition) is 0. The molecule has 26 nitrogen and oxygen atoms in total. The maximum atomic E-state index is 13.9. The van der Waals surface area contributed by atoms with Crippen LogP contribution in [0.4, 0.5) is 46.6 Å². The van der Waals surface area contributed by atoms with Crippen molar-refractivity contribution in [1.82, 2.24) is 44.4 Å². The van der Waals surface area contributed by atoms with E-state index in [0.29, 0.717) is 0 Å². The maximum Gasteiger partial charge on any atom is 0.410 e. The summed E-state index contributed by atoms with van der Waals surface area (Å²) in [5.74, 6) is -0.331. The number of aromatic nitrogens is 3. The molecule has 0 bridgehead atoms. The smallest absolute Gasteiger partial charge is 0.410 e. The van der Waals surface area contributed by atoms with Crippen molar-refractivity contribution in [3.05, 3.63) is 10.4 Å². The normalized spacial score (nSPS) is 17.0. The standard InChI is InChI=1S/C49H86N14O12/c1-44(2,3)70-38(64)58-23-19-56(20-24-59(39(65)71-45(4,5)6)28-32-62(31-27-58)42(68)74-48(13,14)15)36-51-35(54-55-50)52-37(53-36)57-21-25-60(40(66)72-46(7,8)9)29-33-63(43(69)75-49(16,17)18)34-30-61(26-22-57)41(67)73-47(10,11)12/h19-34H2,1-18H3. The molecule has 0 saturated carbocycles. The average molecular weight is 1060 g/mol. The van der Waals surface area contributed by atoms with Gasteiger partial charge in [-0.25, -0.2) is 28.8 Å². The zero-order valence-corrected chi connectivity index (χ0v) is 48.0. The van der Waals surface area contributed by atoms with Crippen molar-refractivity contribution in [1.29, 1.82) is 0 Å². The molecule has 2 aliphatic rings. The van der Waals surface area contributed by atoms with Crippen molar-refractivity contribution < 1.29 is 57.2 Å². The second-order valence-corrected chi connectivity index (χ2v) is 24.2. The van der Waals surface area contributed by atoms with Gasteiger partial charge < -0.3 is 67.6 Å². The van der Waals surface area contributed by atoms with E-state index in [4.69, 9.17) is 33.4 Å². The van der Waals surface area contributed by atoms with Gasteiger partial charge in [-0.05, 0) is 135 Å². The van der Waals surface area contributed by atoms with Crippen LogP contribution in [0.3, 0.4) is 0 Å². The minimum atomic E-state index is -0.871. The van der Waals surface area contributed by atoms with Crippen LogP contribution in [0.1, 0.15) is 125 Å². The van der Waals surface area contributed by atoms with Crippen LogP contribution in [0.5, 0.6) is 0 Å². The van der Waals surface area contributed by atoms with Gasteiger partial charge in [-0.2, -0.15) is 15.0 Å². The predicted molar refractivity (Wildman–Crippen MR) is 280 cm³/mol. The van der Waals surface area contributed by atoms with E-state index in [9.17, 15) is 34.3 Å². The SMILES string of the molecule is CC(C)(C)OC(=O)N1CCN(C(=O)OC(C)(C)C)CCN(c2nc(N=[N+]=[N-])nc(N3CCN(C(=O)OC(C)(C)C)CCN(C(=O)OC(C)(C)C)CCN(C(=O)OC(C)(C)C)CC3)n2)CCN(C(=O)OC(C)(C)C)CC1. The molecule has 75 heavy (non-hydrogen) atoms. The van der Waals surface area contributed by atoms with E-state index in [-0.39, 0.29) is 123 Å². The van der Waals surface area contributed by atoms with E-state index in [2.05, 4.69) is 20.0 Å². The summed E-state index contributed by atoms with van der Waals surface area (Å²) >= 11 is 0. The summed E-state index contributed by atoms with van der Waals surface area (Å²) in [6.45, 7) is 31.6. The Labute approximate surface area is 443 Å². The van der Waals surface area contributed by atoms with E-state index in [1.54, 1.807) is 134 Å². The quantitative estimate of drug-likeness (QED) is 0.120. The third-order valence-electron chi connectivity index (χ3n) is 10.3. The second-order valence-electron chi connectivity index (χ2n) is 24.2. The average Bonchev–Trinajstić information content (AvgIpc) is 3.20. The molecule has 3 rings (SSSR count). The molecular weight excluding hydrogens is 977 g/mol. The summed E-state index contributed by atoms with van der Waals surface area (Å²) in [7, 11) is 0. The molecule has 2 aliphatic heterocycles. The summed E-state index contributed by atoms with van der Waals surface area (Å²) < 4.78 is 34.8. The van der Waals surface area contributed by atoms with Gasteiger partial charge in [-0.1, -0.05) is 0 Å². The second kappa shape index (κ2) is 25.9. The van der Waals surface area contributed by atoms with E-state index in [0.717, 1.165) is 0 Å². The lowest BCUT2D eigenvalue weighted by molar-refractivity contribution is 0.00797. The number of ether oxygens (including phenoxy) is 6. The molecule has 6 amide bonds. The number of rotatable bonds is 3. The van der Waals surface area contributed by atoms with Crippen LogP contribution in [-0.2, 0) is 28.4 Å². The lowest BCUT2D eigenvalue weighted by Crippen LogP contribution is -2.52. The van der Waals surface area contributed by atoms with Crippen molar-refractivity contribution in [2.75, 3.05) is 115 Å². The topological polar surface area (TPSA) is 271 Å². The third-order valence-corrected chi connectivity index (χ3v) is 10.3. The van der Waals surface area contributed by atoms with Crippen molar-refractivity contribution in [3.63, 3.8) is 0 Å². The maximum absolute atomic E-state index is 13.9. The highest BCUT2D eigenvalue weighted by molar-refractivity contribution is 5.72. The van der Waals surface area contributed by atoms with Gasteiger partial charge in [-0.15, -0.1) is 0 Å². The molecule has 3 heterocycles. The van der Waals surface area contributed by atoms with Gasteiger partial charge >= 0.3 is 36.6 Å². The van der Waals surface area contributed by atoms with Crippen LogP contribution >= 0.6 is 0 Å². The Morgan fingerprint density at radius 1 is 0.347 bits per heavy atom. The number of amides is 6. The first kappa shape index (κ1) is 62.8. The fourth-order valence-corrected chi connectivity index (χ4v) is 6.99. The number of carbonyl (C=O) groups is 6. The van der Waals surface area contributed by atoms with Crippen molar-refractivity contribution in [3.8, 4) is 0 Å². The van der Waals surface area contributed by atoms with Gasteiger partial charge in [0.2, 0.25) is 17.8 Å². The summed E-state index contributed by atoms with van der Waals surface area (Å²) in [4.78, 5) is 112. The van der Waals surface area contributed by atoms with E-state index >= 15 is 0 Å². The third kappa shape index (κ3) is 23.7. The molecule has 0 aromatic carbocycles.